The number of fused-ring (bicyclic) bond motifs is 1. The molecule has 1 saturated heterocycles. The fourth-order valence-electron chi connectivity index (χ4n) is 3.97. The van der Waals surface area contributed by atoms with Crippen molar-refractivity contribution in [1.82, 2.24) is 5.06 Å². The van der Waals surface area contributed by atoms with Gasteiger partial charge in [0.1, 0.15) is 5.54 Å². The Balaban J connectivity index is 1.92. The molecule has 0 spiro atoms. The zero-order valence-electron chi connectivity index (χ0n) is 16.3. The molecule has 6 heteroatoms. The van der Waals surface area contributed by atoms with Gasteiger partial charge in [-0.3, -0.25) is 4.79 Å². The van der Waals surface area contributed by atoms with Crippen molar-refractivity contribution in [2.75, 3.05) is 0 Å². The van der Waals surface area contributed by atoms with Gasteiger partial charge in [0.15, 0.2) is 14.1 Å². The largest absolute Gasteiger partial charge is 0.413 e. The Labute approximate surface area is 153 Å². The number of hydroxylamine groups is 2. The van der Waals surface area contributed by atoms with Crippen LogP contribution in [0.2, 0.25) is 39.3 Å². The van der Waals surface area contributed by atoms with Gasteiger partial charge in [0.25, 0.3) is 0 Å². The summed E-state index contributed by atoms with van der Waals surface area (Å²) in [5.41, 5.74) is 0.257. The molecule has 0 aromatic heterocycles. The van der Waals surface area contributed by atoms with Gasteiger partial charge in [0, 0.05) is 5.56 Å². The minimum absolute atomic E-state index is 0.0624. The fraction of sp³-hybridized carbons (Fsp3) is 0.632. The van der Waals surface area contributed by atoms with Crippen LogP contribution >= 0.6 is 0 Å². The molecule has 1 aromatic rings. The summed E-state index contributed by atoms with van der Waals surface area (Å²) in [5, 5.41) is 2.02. The Bertz CT molecular complexity index is 638. The zero-order valence-corrected chi connectivity index (χ0v) is 18.3. The van der Waals surface area contributed by atoms with Gasteiger partial charge < -0.3 is 8.95 Å². The van der Waals surface area contributed by atoms with Crippen LogP contribution in [-0.4, -0.2) is 45.2 Å². The number of carbonyl (C=O) groups is 1. The van der Waals surface area contributed by atoms with Crippen LogP contribution in [-0.2, 0) is 8.95 Å². The van der Waals surface area contributed by atoms with E-state index in [1.165, 1.54) is 0 Å². The van der Waals surface area contributed by atoms with E-state index in [2.05, 4.69) is 39.3 Å². The molecular weight excluding hydrogens is 346 g/mol. The van der Waals surface area contributed by atoms with E-state index in [4.69, 9.17) is 8.95 Å². The third-order valence-corrected chi connectivity index (χ3v) is 6.53. The van der Waals surface area contributed by atoms with Crippen LogP contribution in [0.1, 0.15) is 29.6 Å². The summed E-state index contributed by atoms with van der Waals surface area (Å²) >= 11 is 0. The van der Waals surface area contributed by atoms with Gasteiger partial charge in [-0.2, -0.15) is 5.06 Å². The second-order valence-electron chi connectivity index (χ2n) is 9.25. The van der Waals surface area contributed by atoms with E-state index in [-0.39, 0.29) is 17.9 Å². The summed E-state index contributed by atoms with van der Waals surface area (Å²) in [6.07, 6.45) is 2.99. The molecular formula is C19H31NO3Si2. The van der Waals surface area contributed by atoms with Gasteiger partial charge >= 0.3 is 0 Å². The molecule has 1 aliphatic heterocycles. The van der Waals surface area contributed by atoms with Crippen molar-refractivity contribution < 1.29 is 13.7 Å². The van der Waals surface area contributed by atoms with Gasteiger partial charge in [-0.25, -0.2) is 0 Å². The maximum atomic E-state index is 13.4. The Kier molecular flexibility index (Phi) is 4.88. The monoisotopic (exact) mass is 377 g/mol. The highest BCUT2D eigenvalue weighted by atomic mass is 28.4. The molecule has 4 nitrogen and oxygen atoms in total. The average Bonchev–Trinajstić information content (AvgIpc) is 3.14. The summed E-state index contributed by atoms with van der Waals surface area (Å²) < 4.78 is 12.8. The van der Waals surface area contributed by atoms with Crippen molar-refractivity contribution in [1.29, 1.82) is 0 Å². The van der Waals surface area contributed by atoms with Crippen molar-refractivity contribution in [3.8, 4) is 0 Å². The summed E-state index contributed by atoms with van der Waals surface area (Å²) in [6.45, 7) is 13.2. The van der Waals surface area contributed by atoms with Crippen molar-refractivity contribution in [2.24, 2.45) is 0 Å². The molecule has 3 rings (SSSR count). The van der Waals surface area contributed by atoms with Crippen molar-refractivity contribution >= 4 is 22.4 Å². The fourth-order valence-corrected chi connectivity index (χ4v) is 6.00. The molecule has 138 valence electrons. The molecule has 1 saturated carbocycles. The summed E-state index contributed by atoms with van der Waals surface area (Å²) in [6, 6.07) is 9.72. The second-order valence-corrected chi connectivity index (χ2v) is 18.1. The predicted molar refractivity (Wildman–Crippen MR) is 106 cm³/mol. The molecule has 4 unspecified atom stereocenters. The first-order valence-electron chi connectivity index (χ1n) is 9.31. The van der Waals surface area contributed by atoms with Crippen LogP contribution in [0.5, 0.6) is 0 Å². The molecule has 4 atom stereocenters. The van der Waals surface area contributed by atoms with Crippen LogP contribution in [0.3, 0.4) is 0 Å². The molecule has 1 aromatic carbocycles. The Morgan fingerprint density at radius 1 is 1.08 bits per heavy atom. The first kappa shape index (κ1) is 19.0. The van der Waals surface area contributed by atoms with E-state index in [1.54, 1.807) is 0 Å². The molecule has 2 fully saturated rings. The molecule has 0 radical (unpaired) electrons. The summed E-state index contributed by atoms with van der Waals surface area (Å²) in [5.74, 6) is 0.195. The van der Waals surface area contributed by atoms with Gasteiger partial charge in [0.2, 0.25) is 8.32 Å². The van der Waals surface area contributed by atoms with E-state index in [0.29, 0.717) is 0 Å². The highest BCUT2D eigenvalue weighted by molar-refractivity contribution is 6.70. The SMILES string of the molecule is C[Si](C)(C)OC1CCCC2(C(=O)c3ccccc3)C1N2O[Si](C)(C)C. The van der Waals surface area contributed by atoms with E-state index in [9.17, 15) is 4.79 Å². The zero-order chi connectivity index (χ0) is 18.5. The highest BCUT2D eigenvalue weighted by Crippen LogP contribution is 2.55. The average molecular weight is 378 g/mol. The van der Waals surface area contributed by atoms with Gasteiger partial charge in [-0.1, -0.05) is 30.3 Å². The lowest BCUT2D eigenvalue weighted by Crippen LogP contribution is -2.42. The number of carbonyl (C=O) groups excluding carboxylic acids is 1. The topological polar surface area (TPSA) is 38.5 Å². The minimum atomic E-state index is -1.80. The number of benzene rings is 1. The first-order valence-corrected chi connectivity index (χ1v) is 16.1. The molecule has 0 amide bonds. The number of nitrogens with zero attached hydrogens (tertiary/aromatic N) is 1. The van der Waals surface area contributed by atoms with Gasteiger partial charge in [-0.05, 0) is 58.5 Å². The molecule has 1 heterocycles. The molecule has 0 N–H and O–H groups in total. The van der Waals surface area contributed by atoms with E-state index >= 15 is 0 Å². The summed E-state index contributed by atoms with van der Waals surface area (Å²) in [4.78, 5) is 13.4. The summed E-state index contributed by atoms with van der Waals surface area (Å²) in [7, 11) is -3.48. The number of Topliss-reactive ketones (excluding diaryl/α,β-unsaturated/α-hetero) is 1. The number of hydrogen-bond acceptors (Lipinski definition) is 4. The maximum absolute atomic E-state index is 13.4. The van der Waals surface area contributed by atoms with Gasteiger partial charge in [-0.15, -0.1) is 0 Å². The molecule has 0 bridgehead atoms. The lowest BCUT2D eigenvalue weighted by Gasteiger charge is -2.30. The van der Waals surface area contributed by atoms with Crippen LogP contribution in [0.25, 0.3) is 0 Å². The second kappa shape index (κ2) is 6.42. The van der Waals surface area contributed by atoms with Crippen LogP contribution < -0.4 is 0 Å². The van der Waals surface area contributed by atoms with Gasteiger partial charge in [0.05, 0.1) is 12.1 Å². The predicted octanol–water partition coefficient (Wildman–Crippen LogP) is 4.46. The maximum Gasteiger partial charge on any atom is 0.212 e. The van der Waals surface area contributed by atoms with Crippen LogP contribution in [0.4, 0.5) is 0 Å². The van der Waals surface area contributed by atoms with Crippen LogP contribution in [0.15, 0.2) is 30.3 Å². The lowest BCUT2D eigenvalue weighted by molar-refractivity contribution is 0.000900. The molecule has 2 aliphatic rings. The minimum Gasteiger partial charge on any atom is -0.413 e. The van der Waals surface area contributed by atoms with Crippen molar-refractivity contribution in [3.63, 3.8) is 0 Å². The van der Waals surface area contributed by atoms with E-state index in [1.807, 2.05) is 35.4 Å². The number of rotatable bonds is 6. The number of ketones is 1. The molecule has 25 heavy (non-hydrogen) atoms. The third kappa shape index (κ3) is 3.83. The Morgan fingerprint density at radius 3 is 2.28 bits per heavy atom. The van der Waals surface area contributed by atoms with Crippen LogP contribution in [0, 0.1) is 0 Å². The van der Waals surface area contributed by atoms with E-state index < -0.39 is 22.2 Å². The Hall–Kier alpha value is -0.796. The standard InChI is InChI=1S/C19H31NO3Si2/c1-24(2,3)22-16-13-10-14-19(17(16)20(19)23-25(4,5)6)18(21)15-11-8-7-9-12-15/h7-9,11-12,16-17H,10,13-14H2,1-6H3. The molecule has 1 aliphatic carbocycles. The quantitative estimate of drug-likeness (QED) is 0.417. The van der Waals surface area contributed by atoms with Crippen molar-refractivity contribution in [2.45, 2.75) is 76.2 Å². The third-order valence-electron chi connectivity index (χ3n) is 4.77. The smallest absolute Gasteiger partial charge is 0.212 e. The lowest BCUT2D eigenvalue weighted by atomic mass is 9.82. The van der Waals surface area contributed by atoms with E-state index in [0.717, 1.165) is 24.8 Å². The normalized spacial score (nSPS) is 32.2. The van der Waals surface area contributed by atoms with Crippen molar-refractivity contribution in [3.05, 3.63) is 35.9 Å². The highest BCUT2D eigenvalue weighted by Gasteiger charge is 2.73. The number of hydrogen-bond donors (Lipinski definition) is 0. The Morgan fingerprint density at radius 2 is 1.72 bits per heavy atom. The first-order chi connectivity index (χ1) is 11.5.